The van der Waals surface area contributed by atoms with Crippen LogP contribution in [0.5, 0.6) is 0 Å². The van der Waals surface area contributed by atoms with Crippen LogP contribution in [0.2, 0.25) is 0 Å². The predicted octanol–water partition coefficient (Wildman–Crippen LogP) is 4.41. The highest BCUT2D eigenvalue weighted by molar-refractivity contribution is 5.06. The van der Waals surface area contributed by atoms with E-state index in [1.807, 2.05) is 0 Å². The SMILES string of the molecule is CCC(=COC1=CCCC1)OC1=CCCC1. The predicted molar refractivity (Wildman–Crippen MR) is 64.4 cm³/mol. The van der Waals surface area contributed by atoms with Gasteiger partial charge in [-0.15, -0.1) is 0 Å². The highest BCUT2D eigenvalue weighted by Crippen LogP contribution is 2.24. The van der Waals surface area contributed by atoms with E-state index in [4.69, 9.17) is 9.47 Å². The summed E-state index contributed by atoms with van der Waals surface area (Å²) in [4.78, 5) is 0. The summed E-state index contributed by atoms with van der Waals surface area (Å²) in [5.41, 5.74) is 0. The van der Waals surface area contributed by atoms with E-state index in [2.05, 4.69) is 19.1 Å². The van der Waals surface area contributed by atoms with Crippen LogP contribution >= 0.6 is 0 Å². The molecule has 0 aromatic heterocycles. The second-order valence-electron chi connectivity index (χ2n) is 4.28. The molecule has 2 heteroatoms. The van der Waals surface area contributed by atoms with Gasteiger partial charge in [-0.2, -0.15) is 0 Å². The number of hydrogen-bond donors (Lipinski definition) is 0. The van der Waals surface area contributed by atoms with Gasteiger partial charge in [0.2, 0.25) is 0 Å². The second kappa shape index (κ2) is 5.78. The van der Waals surface area contributed by atoms with Crippen LogP contribution in [-0.4, -0.2) is 0 Å². The Bertz CT molecular complexity index is 324. The van der Waals surface area contributed by atoms with Crippen LogP contribution in [-0.2, 0) is 9.47 Å². The molecular weight excluding hydrogens is 200 g/mol. The molecular formula is C14H20O2. The first-order valence-corrected chi connectivity index (χ1v) is 6.30. The van der Waals surface area contributed by atoms with Gasteiger partial charge in [-0.05, 0) is 37.8 Å². The van der Waals surface area contributed by atoms with Gasteiger partial charge in [-0.3, -0.25) is 0 Å². The molecule has 0 fully saturated rings. The molecule has 0 amide bonds. The number of ether oxygens (including phenoxy) is 2. The normalized spacial score (nSPS) is 20.7. The minimum Gasteiger partial charge on any atom is -0.466 e. The van der Waals surface area contributed by atoms with E-state index < -0.39 is 0 Å². The quantitative estimate of drug-likeness (QED) is 0.639. The molecule has 0 spiro atoms. The Hall–Kier alpha value is -1.18. The van der Waals surface area contributed by atoms with Crippen molar-refractivity contribution >= 4 is 0 Å². The zero-order valence-corrected chi connectivity index (χ0v) is 10.00. The fourth-order valence-electron chi connectivity index (χ4n) is 1.97. The lowest BCUT2D eigenvalue weighted by molar-refractivity contribution is 0.247. The lowest BCUT2D eigenvalue weighted by Gasteiger charge is -2.09. The van der Waals surface area contributed by atoms with Crippen LogP contribution in [0.1, 0.15) is 51.9 Å². The van der Waals surface area contributed by atoms with Gasteiger partial charge in [0.05, 0.1) is 11.5 Å². The molecule has 2 aliphatic carbocycles. The maximum atomic E-state index is 5.79. The summed E-state index contributed by atoms with van der Waals surface area (Å²) in [6, 6.07) is 0. The zero-order chi connectivity index (χ0) is 11.2. The summed E-state index contributed by atoms with van der Waals surface area (Å²) in [5, 5.41) is 0. The van der Waals surface area contributed by atoms with Crippen LogP contribution in [0.25, 0.3) is 0 Å². The molecule has 0 radical (unpaired) electrons. The van der Waals surface area contributed by atoms with Crippen molar-refractivity contribution in [1.82, 2.24) is 0 Å². The average Bonchev–Trinajstić information content (AvgIpc) is 2.97. The Labute approximate surface area is 97.6 Å². The second-order valence-corrected chi connectivity index (χ2v) is 4.28. The Morgan fingerprint density at radius 3 is 2.44 bits per heavy atom. The number of rotatable bonds is 5. The molecule has 0 saturated heterocycles. The summed E-state index contributed by atoms with van der Waals surface area (Å²) in [6.45, 7) is 2.09. The molecule has 0 bridgehead atoms. The summed E-state index contributed by atoms with van der Waals surface area (Å²) >= 11 is 0. The van der Waals surface area contributed by atoms with Gasteiger partial charge < -0.3 is 9.47 Å². The first-order valence-electron chi connectivity index (χ1n) is 6.30. The molecule has 0 N–H and O–H groups in total. The molecule has 0 aromatic carbocycles. The highest BCUT2D eigenvalue weighted by Gasteiger charge is 2.09. The van der Waals surface area contributed by atoms with Gasteiger partial charge in [-0.25, -0.2) is 0 Å². The van der Waals surface area contributed by atoms with Gasteiger partial charge in [0, 0.05) is 19.3 Å². The van der Waals surface area contributed by atoms with Crippen LogP contribution in [0.15, 0.2) is 35.7 Å². The van der Waals surface area contributed by atoms with Crippen LogP contribution in [0, 0.1) is 0 Å². The molecule has 0 saturated carbocycles. The Kier molecular flexibility index (Phi) is 4.09. The van der Waals surface area contributed by atoms with Gasteiger partial charge in [0.15, 0.2) is 0 Å². The summed E-state index contributed by atoms with van der Waals surface area (Å²) in [5.74, 6) is 3.13. The smallest absolute Gasteiger partial charge is 0.138 e. The number of allylic oxidation sites excluding steroid dienone is 5. The molecule has 2 aliphatic rings. The van der Waals surface area contributed by atoms with Crippen molar-refractivity contribution in [2.45, 2.75) is 51.9 Å². The molecule has 0 heterocycles. The maximum absolute atomic E-state index is 5.79. The van der Waals surface area contributed by atoms with E-state index in [9.17, 15) is 0 Å². The largest absolute Gasteiger partial charge is 0.466 e. The average molecular weight is 220 g/mol. The summed E-state index contributed by atoms with van der Waals surface area (Å²) in [7, 11) is 0. The van der Waals surface area contributed by atoms with E-state index in [1.165, 1.54) is 12.8 Å². The molecule has 0 atom stereocenters. The lowest BCUT2D eigenvalue weighted by atomic mass is 10.3. The Morgan fingerprint density at radius 1 is 1.19 bits per heavy atom. The molecule has 2 rings (SSSR count). The minimum absolute atomic E-state index is 0.880. The molecule has 2 nitrogen and oxygen atoms in total. The van der Waals surface area contributed by atoms with Crippen molar-refractivity contribution in [1.29, 1.82) is 0 Å². The fraction of sp³-hybridized carbons (Fsp3) is 0.571. The van der Waals surface area contributed by atoms with Gasteiger partial charge in [0.1, 0.15) is 12.0 Å². The van der Waals surface area contributed by atoms with Gasteiger partial charge in [-0.1, -0.05) is 6.92 Å². The standard InChI is InChI=1S/C14H20O2/c1-2-12(16-14-9-5-6-10-14)11-15-13-7-3-4-8-13/h7,9,11H,2-6,8,10H2,1H3. The van der Waals surface area contributed by atoms with E-state index in [-0.39, 0.29) is 0 Å². The molecule has 0 unspecified atom stereocenters. The molecule has 16 heavy (non-hydrogen) atoms. The molecule has 0 aromatic rings. The van der Waals surface area contributed by atoms with Crippen LogP contribution < -0.4 is 0 Å². The highest BCUT2D eigenvalue weighted by atomic mass is 16.5. The van der Waals surface area contributed by atoms with Crippen molar-refractivity contribution in [3.8, 4) is 0 Å². The van der Waals surface area contributed by atoms with E-state index in [0.29, 0.717) is 0 Å². The third-order valence-electron chi connectivity index (χ3n) is 2.95. The number of hydrogen-bond acceptors (Lipinski definition) is 2. The van der Waals surface area contributed by atoms with Crippen molar-refractivity contribution in [2.75, 3.05) is 0 Å². The molecule has 88 valence electrons. The van der Waals surface area contributed by atoms with Crippen molar-refractivity contribution in [3.63, 3.8) is 0 Å². The first kappa shape index (κ1) is 11.3. The third kappa shape index (κ3) is 3.16. The lowest BCUT2D eigenvalue weighted by Crippen LogP contribution is -1.92. The summed E-state index contributed by atoms with van der Waals surface area (Å²) < 4.78 is 11.4. The Morgan fingerprint density at radius 2 is 1.88 bits per heavy atom. The molecule has 0 aliphatic heterocycles. The first-order chi connectivity index (χ1) is 7.88. The van der Waals surface area contributed by atoms with E-state index in [1.54, 1.807) is 6.26 Å². The minimum atomic E-state index is 0.880. The Balaban J connectivity index is 1.85. The zero-order valence-electron chi connectivity index (χ0n) is 10.00. The van der Waals surface area contributed by atoms with Crippen molar-refractivity contribution in [3.05, 3.63) is 35.7 Å². The monoisotopic (exact) mass is 220 g/mol. The van der Waals surface area contributed by atoms with Crippen LogP contribution in [0.4, 0.5) is 0 Å². The van der Waals surface area contributed by atoms with Crippen molar-refractivity contribution < 1.29 is 9.47 Å². The van der Waals surface area contributed by atoms with Gasteiger partial charge >= 0.3 is 0 Å². The van der Waals surface area contributed by atoms with Gasteiger partial charge in [0.25, 0.3) is 0 Å². The van der Waals surface area contributed by atoms with E-state index in [0.717, 1.165) is 49.4 Å². The van der Waals surface area contributed by atoms with Crippen molar-refractivity contribution in [2.24, 2.45) is 0 Å². The maximum Gasteiger partial charge on any atom is 0.138 e. The topological polar surface area (TPSA) is 18.5 Å². The van der Waals surface area contributed by atoms with E-state index >= 15 is 0 Å². The fourth-order valence-corrected chi connectivity index (χ4v) is 1.97. The summed E-state index contributed by atoms with van der Waals surface area (Å²) in [6.07, 6.45) is 13.9. The third-order valence-corrected chi connectivity index (χ3v) is 2.95. The van der Waals surface area contributed by atoms with Crippen LogP contribution in [0.3, 0.4) is 0 Å².